The largest absolute Gasteiger partial charge is 0.315 e. The van der Waals surface area contributed by atoms with Crippen molar-refractivity contribution in [1.29, 1.82) is 0 Å². The summed E-state index contributed by atoms with van der Waals surface area (Å²) in [6, 6.07) is 9.43. The standard InChI is InChI=1S/C19H26N4S.ClH/c1-15-2-4-16(5-3-15)19-21-17(14-24-19)13-22-8-10-23(11-9-22)18-6-7-20-12-18;/h2-5,14,18,20H,6-13H2,1H3;1H. The summed E-state index contributed by atoms with van der Waals surface area (Å²) in [6.07, 6.45) is 1.31. The van der Waals surface area contributed by atoms with Gasteiger partial charge >= 0.3 is 0 Å². The Bertz CT molecular complexity index is 658. The van der Waals surface area contributed by atoms with Gasteiger partial charge in [-0.15, -0.1) is 23.7 Å². The van der Waals surface area contributed by atoms with Gasteiger partial charge < -0.3 is 5.32 Å². The molecule has 1 N–H and O–H groups in total. The van der Waals surface area contributed by atoms with Gasteiger partial charge in [0.15, 0.2) is 0 Å². The van der Waals surface area contributed by atoms with Gasteiger partial charge in [0.1, 0.15) is 5.01 Å². The van der Waals surface area contributed by atoms with Gasteiger partial charge in [0.05, 0.1) is 5.69 Å². The van der Waals surface area contributed by atoms with Gasteiger partial charge in [0, 0.05) is 56.3 Å². The minimum absolute atomic E-state index is 0. The smallest absolute Gasteiger partial charge is 0.123 e. The van der Waals surface area contributed by atoms with Gasteiger partial charge in [-0.1, -0.05) is 29.8 Å². The predicted octanol–water partition coefficient (Wildman–Crippen LogP) is 3.02. The Morgan fingerprint density at radius 3 is 2.60 bits per heavy atom. The van der Waals surface area contributed by atoms with E-state index in [9.17, 15) is 0 Å². The van der Waals surface area contributed by atoms with Crippen molar-refractivity contribution in [2.75, 3.05) is 39.3 Å². The Balaban J connectivity index is 0.00000182. The number of benzene rings is 1. The normalized spacial score (nSPS) is 22.0. The minimum Gasteiger partial charge on any atom is -0.315 e. The number of halogens is 1. The topological polar surface area (TPSA) is 31.4 Å². The van der Waals surface area contributed by atoms with Crippen LogP contribution in [0.15, 0.2) is 29.6 Å². The summed E-state index contributed by atoms with van der Waals surface area (Å²) in [7, 11) is 0. The van der Waals surface area contributed by atoms with Crippen LogP contribution in [0.25, 0.3) is 10.6 Å². The molecule has 6 heteroatoms. The summed E-state index contributed by atoms with van der Waals surface area (Å²) in [4.78, 5) is 10.1. The van der Waals surface area contributed by atoms with E-state index in [1.807, 2.05) is 0 Å². The van der Waals surface area contributed by atoms with Gasteiger partial charge in [0.2, 0.25) is 0 Å². The molecule has 25 heavy (non-hydrogen) atoms. The average Bonchev–Trinajstić information content (AvgIpc) is 3.28. The molecule has 0 bridgehead atoms. The molecule has 4 rings (SSSR count). The highest BCUT2D eigenvalue weighted by Crippen LogP contribution is 2.25. The zero-order chi connectivity index (χ0) is 16.4. The third-order valence-electron chi connectivity index (χ3n) is 5.19. The molecule has 3 heterocycles. The first kappa shape index (κ1) is 18.8. The van der Waals surface area contributed by atoms with E-state index in [0.717, 1.165) is 30.7 Å². The fraction of sp³-hybridized carbons (Fsp3) is 0.526. The summed E-state index contributed by atoms with van der Waals surface area (Å²) in [6.45, 7) is 10.2. The van der Waals surface area contributed by atoms with E-state index in [2.05, 4.69) is 51.7 Å². The van der Waals surface area contributed by atoms with Gasteiger partial charge in [-0.3, -0.25) is 9.80 Å². The molecule has 0 amide bonds. The van der Waals surface area contributed by atoms with Crippen LogP contribution in [0.3, 0.4) is 0 Å². The Kier molecular flexibility index (Phi) is 6.47. The number of rotatable bonds is 4. The third-order valence-corrected chi connectivity index (χ3v) is 6.13. The Morgan fingerprint density at radius 1 is 1.16 bits per heavy atom. The van der Waals surface area contributed by atoms with Crippen LogP contribution in [0.4, 0.5) is 0 Å². The highest BCUT2D eigenvalue weighted by Gasteiger charge is 2.26. The van der Waals surface area contributed by atoms with E-state index in [-0.39, 0.29) is 12.4 Å². The molecule has 2 aliphatic rings. The fourth-order valence-corrected chi connectivity index (χ4v) is 4.49. The maximum absolute atomic E-state index is 4.85. The number of aromatic nitrogens is 1. The lowest BCUT2D eigenvalue weighted by molar-refractivity contribution is 0.0975. The van der Waals surface area contributed by atoms with E-state index < -0.39 is 0 Å². The zero-order valence-corrected chi connectivity index (χ0v) is 16.4. The molecule has 0 radical (unpaired) electrons. The molecule has 2 aliphatic heterocycles. The first-order chi connectivity index (χ1) is 11.8. The second-order valence-corrected chi connectivity index (χ2v) is 7.83. The van der Waals surface area contributed by atoms with Crippen molar-refractivity contribution in [3.8, 4) is 10.6 Å². The van der Waals surface area contributed by atoms with Crippen molar-refractivity contribution in [2.24, 2.45) is 0 Å². The highest BCUT2D eigenvalue weighted by atomic mass is 35.5. The predicted molar refractivity (Wildman–Crippen MR) is 108 cm³/mol. The minimum atomic E-state index is 0. The zero-order valence-electron chi connectivity index (χ0n) is 14.8. The van der Waals surface area contributed by atoms with Crippen molar-refractivity contribution < 1.29 is 0 Å². The van der Waals surface area contributed by atoms with Crippen LogP contribution in [0.1, 0.15) is 17.7 Å². The maximum Gasteiger partial charge on any atom is 0.123 e. The summed E-state index contributed by atoms with van der Waals surface area (Å²) in [5, 5.41) is 6.84. The number of hydrogen-bond acceptors (Lipinski definition) is 5. The number of nitrogens with zero attached hydrogens (tertiary/aromatic N) is 3. The maximum atomic E-state index is 4.85. The van der Waals surface area contributed by atoms with Gasteiger partial charge in [0.25, 0.3) is 0 Å². The molecule has 1 aromatic heterocycles. The summed E-state index contributed by atoms with van der Waals surface area (Å²) >= 11 is 1.76. The second kappa shape index (κ2) is 8.60. The fourth-order valence-electron chi connectivity index (χ4n) is 3.68. The van der Waals surface area contributed by atoms with Crippen molar-refractivity contribution in [3.63, 3.8) is 0 Å². The highest BCUT2D eigenvalue weighted by molar-refractivity contribution is 7.13. The molecule has 4 nitrogen and oxygen atoms in total. The summed E-state index contributed by atoms with van der Waals surface area (Å²) in [5.41, 5.74) is 3.74. The lowest BCUT2D eigenvalue weighted by Gasteiger charge is -2.37. The van der Waals surface area contributed by atoms with Crippen molar-refractivity contribution in [1.82, 2.24) is 20.1 Å². The van der Waals surface area contributed by atoms with Gasteiger partial charge in [-0.25, -0.2) is 4.98 Å². The molecule has 2 saturated heterocycles. The first-order valence-electron chi connectivity index (χ1n) is 8.96. The quantitative estimate of drug-likeness (QED) is 0.886. The lowest BCUT2D eigenvalue weighted by atomic mass is 10.2. The third kappa shape index (κ3) is 4.60. The van der Waals surface area contributed by atoms with Crippen LogP contribution in [-0.2, 0) is 6.54 Å². The number of piperazine rings is 1. The summed E-state index contributed by atoms with van der Waals surface area (Å²) < 4.78 is 0. The molecule has 0 aliphatic carbocycles. The number of nitrogens with one attached hydrogen (secondary N) is 1. The van der Waals surface area contributed by atoms with E-state index in [0.29, 0.717) is 0 Å². The van der Waals surface area contributed by atoms with E-state index in [1.54, 1.807) is 11.3 Å². The molecule has 0 spiro atoms. The Hall–Kier alpha value is -0.980. The molecule has 2 aromatic rings. The monoisotopic (exact) mass is 378 g/mol. The molecular formula is C19H27ClN4S. The SMILES string of the molecule is Cc1ccc(-c2nc(CN3CCN(C4CCNC4)CC3)cs2)cc1.Cl. The van der Waals surface area contributed by atoms with Gasteiger partial charge in [-0.05, 0) is 19.9 Å². The Morgan fingerprint density at radius 2 is 1.92 bits per heavy atom. The van der Waals surface area contributed by atoms with Crippen LogP contribution in [-0.4, -0.2) is 60.1 Å². The molecule has 1 atom stereocenters. The number of thiazole rings is 1. The summed E-state index contributed by atoms with van der Waals surface area (Å²) in [5.74, 6) is 0. The van der Waals surface area contributed by atoms with Gasteiger partial charge in [-0.2, -0.15) is 0 Å². The molecule has 2 fully saturated rings. The molecule has 1 unspecified atom stereocenters. The molecule has 0 saturated carbocycles. The van der Waals surface area contributed by atoms with Crippen LogP contribution in [0.5, 0.6) is 0 Å². The van der Waals surface area contributed by atoms with Crippen molar-refractivity contribution in [3.05, 3.63) is 40.9 Å². The van der Waals surface area contributed by atoms with Crippen LogP contribution in [0, 0.1) is 6.92 Å². The second-order valence-electron chi connectivity index (χ2n) is 6.97. The van der Waals surface area contributed by atoms with Crippen LogP contribution in [0.2, 0.25) is 0 Å². The molecule has 136 valence electrons. The van der Waals surface area contributed by atoms with Crippen LogP contribution >= 0.6 is 23.7 Å². The van der Waals surface area contributed by atoms with Crippen LogP contribution < -0.4 is 5.32 Å². The first-order valence-corrected chi connectivity index (χ1v) is 9.84. The molecular weight excluding hydrogens is 352 g/mol. The average molecular weight is 379 g/mol. The van der Waals surface area contributed by atoms with Crippen molar-refractivity contribution in [2.45, 2.75) is 25.9 Å². The lowest BCUT2D eigenvalue weighted by Crippen LogP contribution is -2.50. The van der Waals surface area contributed by atoms with E-state index in [4.69, 9.17) is 4.98 Å². The van der Waals surface area contributed by atoms with E-state index >= 15 is 0 Å². The number of hydrogen-bond donors (Lipinski definition) is 1. The Labute approximate surface area is 160 Å². The number of aryl methyl sites for hydroxylation is 1. The molecule has 1 aromatic carbocycles. The van der Waals surface area contributed by atoms with E-state index in [1.165, 1.54) is 49.4 Å². The van der Waals surface area contributed by atoms with Crippen molar-refractivity contribution >= 4 is 23.7 Å².